The van der Waals surface area contributed by atoms with Gasteiger partial charge in [-0.05, 0) is 42.9 Å². The van der Waals surface area contributed by atoms with Crippen molar-refractivity contribution in [2.75, 3.05) is 12.4 Å². The standard InChI is InChI=1S/C11H15ClOS/c12-10-4-6-11(7-5-10)14-9-3-1-2-8-13/h4-7,13H,1-3,8-9H2. The van der Waals surface area contributed by atoms with Crippen LogP contribution in [-0.4, -0.2) is 17.5 Å². The van der Waals surface area contributed by atoms with Gasteiger partial charge in [-0.1, -0.05) is 18.0 Å². The maximum atomic E-state index is 8.59. The first-order chi connectivity index (χ1) is 6.83. The number of hydrogen-bond acceptors (Lipinski definition) is 2. The number of thioether (sulfide) groups is 1. The molecule has 1 rings (SSSR count). The van der Waals surface area contributed by atoms with E-state index in [1.165, 1.54) is 4.90 Å². The summed E-state index contributed by atoms with van der Waals surface area (Å²) in [7, 11) is 0. The molecule has 0 radical (unpaired) electrons. The average molecular weight is 231 g/mol. The first-order valence-corrected chi connectivity index (χ1v) is 6.18. The van der Waals surface area contributed by atoms with Gasteiger partial charge < -0.3 is 5.11 Å². The van der Waals surface area contributed by atoms with Crippen molar-refractivity contribution in [1.29, 1.82) is 0 Å². The Labute approximate surface area is 94.5 Å². The summed E-state index contributed by atoms with van der Waals surface area (Å²) in [4.78, 5) is 1.26. The third-order valence-corrected chi connectivity index (χ3v) is 3.24. The number of aliphatic hydroxyl groups is 1. The minimum absolute atomic E-state index is 0.311. The van der Waals surface area contributed by atoms with Crippen molar-refractivity contribution in [2.24, 2.45) is 0 Å². The van der Waals surface area contributed by atoms with Crippen molar-refractivity contribution < 1.29 is 5.11 Å². The topological polar surface area (TPSA) is 20.2 Å². The summed E-state index contributed by atoms with van der Waals surface area (Å²) in [6.45, 7) is 0.311. The Morgan fingerprint density at radius 1 is 1.07 bits per heavy atom. The van der Waals surface area contributed by atoms with Crippen LogP contribution in [0.5, 0.6) is 0 Å². The Morgan fingerprint density at radius 2 is 1.79 bits per heavy atom. The van der Waals surface area contributed by atoms with Gasteiger partial charge in [-0.25, -0.2) is 0 Å². The van der Waals surface area contributed by atoms with E-state index in [4.69, 9.17) is 16.7 Å². The summed E-state index contributed by atoms with van der Waals surface area (Å²) >= 11 is 7.62. The lowest BCUT2D eigenvalue weighted by Crippen LogP contribution is -1.85. The molecule has 0 fully saturated rings. The highest BCUT2D eigenvalue weighted by atomic mass is 35.5. The summed E-state index contributed by atoms with van der Waals surface area (Å²) in [5.41, 5.74) is 0. The fraction of sp³-hybridized carbons (Fsp3) is 0.455. The molecule has 0 saturated carbocycles. The van der Waals surface area contributed by atoms with E-state index in [1.54, 1.807) is 0 Å². The molecular formula is C11H15ClOS. The predicted molar refractivity (Wildman–Crippen MR) is 63.1 cm³/mol. The number of benzene rings is 1. The molecule has 3 heteroatoms. The highest BCUT2D eigenvalue weighted by Crippen LogP contribution is 2.21. The normalized spacial score (nSPS) is 10.4. The molecule has 14 heavy (non-hydrogen) atoms. The van der Waals surface area contributed by atoms with Gasteiger partial charge in [-0.15, -0.1) is 11.8 Å². The molecule has 1 nitrogen and oxygen atoms in total. The van der Waals surface area contributed by atoms with E-state index < -0.39 is 0 Å². The van der Waals surface area contributed by atoms with E-state index in [0.29, 0.717) is 6.61 Å². The molecule has 1 N–H and O–H groups in total. The van der Waals surface area contributed by atoms with Crippen LogP contribution in [-0.2, 0) is 0 Å². The fourth-order valence-corrected chi connectivity index (χ4v) is 2.15. The van der Waals surface area contributed by atoms with Crippen LogP contribution < -0.4 is 0 Å². The van der Waals surface area contributed by atoms with Gasteiger partial charge >= 0.3 is 0 Å². The van der Waals surface area contributed by atoms with Crippen LogP contribution in [0.3, 0.4) is 0 Å². The Balaban J connectivity index is 2.15. The highest BCUT2D eigenvalue weighted by Gasteiger charge is 1.94. The number of aliphatic hydroxyl groups excluding tert-OH is 1. The zero-order chi connectivity index (χ0) is 10.2. The quantitative estimate of drug-likeness (QED) is 0.595. The summed E-state index contributed by atoms with van der Waals surface area (Å²) < 4.78 is 0. The van der Waals surface area contributed by atoms with E-state index >= 15 is 0 Å². The van der Waals surface area contributed by atoms with Gasteiger partial charge in [0.05, 0.1) is 0 Å². The largest absolute Gasteiger partial charge is 0.396 e. The highest BCUT2D eigenvalue weighted by molar-refractivity contribution is 7.99. The SMILES string of the molecule is OCCCCCSc1ccc(Cl)cc1. The molecule has 0 aliphatic carbocycles. The van der Waals surface area contributed by atoms with Crippen molar-refractivity contribution in [3.63, 3.8) is 0 Å². The van der Waals surface area contributed by atoms with Crippen LogP contribution in [0.1, 0.15) is 19.3 Å². The van der Waals surface area contributed by atoms with Crippen molar-refractivity contribution in [1.82, 2.24) is 0 Å². The fourth-order valence-electron chi connectivity index (χ4n) is 1.11. The summed E-state index contributed by atoms with van der Waals surface area (Å²) in [5, 5.41) is 9.38. The van der Waals surface area contributed by atoms with Crippen molar-refractivity contribution in [3.05, 3.63) is 29.3 Å². The average Bonchev–Trinajstić information content (AvgIpc) is 2.21. The minimum atomic E-state index is 0.311. The second kappa shape index (κ2) is 7.16. The molecule has 0 aromatic heterocycles. The van der Waals surface area contributed by atoms with E-state index in [2.05, 4.69) is 0 Å². The van der Waals surface area contributed by atoms with E-state index in [9.17, 15) is 0 Å². The molecule has 0 saturated heterocycles. The summed E-state index contributed by atoms with van der Waals surface area (Å²) in [5.74, 6) is 1.11. The molecule has 0 unspecified atom stereocenters. The molecule has 0 heterocycles. The maximum Gasteiger partial charge on any atom is 0.0431 e. The van der Waals surface area contributed by atoms with E-state index in [-0.39, 0.29) is 0 Å². The van der Waals surface area contributed by atoms with Gasteiger partial charge in [0.1, 0.15) is 0 Å². The van der Waals surface area contributed by atoms with Gasteiger partial charge in [0.15, 0.2) is 0 Å². The number of unbranched alkanes of at least 4 members (excludes halogenated alkanes) is 2. The van der Waals surface area contributed by atoms with Gasteiger partial charge in [0, 0.05) is 16.5 Å². The smallest absolute Gasteiger partial charge is 0.0431 e. The Kier molecular flexibility index (Phi) is 6.08. The predicted octanol–water partition coefficient (Wildman–Crippen LogP) is 3.59. The molecule has 0 aliphatic rings. The molecule has 78 valence electrons. The zero-order valence-corrected chi connectivity index (χ0v) is 9.65. The van der Waals surface area contributed by atoms with Crippen molar-refractivity contribution in [3.8, 4) is 0 Å². The Bertz CT molecular complexity index is 248. The second-order valence-corrected chi connectivity index (χ2v) is 4.69. The van der Waals surface area contributed by atoms with Crippen LogP contribution in [0.25, 0.3) is 0 Å². The van der Waals surface area contributed by atoms with Gasteiger partial charge in [0.2, 0.25) is 0 Å². The Morgan fingerprint density at radius 3 is 2.43 bits per heavy atom. The van der Waals surface area contributed by atoms with Gasteiger partial charge in [-0.2, -0.15) is 0 Å². The molecule has 1 aromatic carbocycles. The van der Waals surface area contributed by atoms with Gasteiger partial charge in [-0.3, -0.25) is 0 Å². The van der Waals surface area contributed by atoms with Crippen molar-refractivity contribution >= 4 is 23.4 Å². The lowest BCUT2D eigenvalue weighted by atomic mass is 10.3. The summed E-state index contributed by atoms with van der Waals surface area (Å²) in [6, 6.07) is 7.91. The molecular weight excluding hydrogens is 216 g/mol. The number of rotatable bonds is 6. The van der Waals surface area contributed by atoms with E-state index in [1.807, 2.05) is 36.0 Å². The summed E-state index contributed by atoms with van der Waals surface area (Å²) in [6.07, 6.45) is 3.19. The monoisotopic (exact) mass is 230 g/mol. The lowest BCUT2D eigenvalue weighted by Gasteiger charge is -2.01. The molecule has 0 aliphatic heterocycles. The molecule has 1 aromatic rings. The zero-order valence-electron chi connectivity index (χ0n) is 8.08. The third kappa shape index (κ3) is 4.89. The van der Waals surface area contributed by atoms with Crippen LogP contribution in [0, 0.1) is 0 Å². The molecule has 0 atom stereocenters. The lowest BCUT2D eigenvalue weighted by molar-refractivity contribution is 0.284. The van der Waals surface area contributed by atoms with E-state index in [0.717, 1.165) is 30.0 Å². The van der Waals surface area contributed by atoms with Crippen molar-refractivity contribution in [2.45, 2.75) is 24.2 Å². The first-order valence-electron chi connectivity index (χ1n) is 4.82. The number of halogens is 1. The molecule has 0 spiro atoms. The number of hydrogen-bond donors (Lipinski definition) is 1. The van der Waals surface area contributed by atoms with Gasteiger partial charge in [0.25, 0.3) is 0 Å². The first kappa shape index (κ1) is 11.9. The van der Waals surface area contributed by atoms with Crippen LogP contribution in [0.2, 0.25) is 5.02 Å². The maximum absolute atomic E-state index is 8.59. The molecule has 0 bridgehead atoms. The van der Waals surface area contributed by atoms with Crippen LogP contribution >= 0.6 is 23.4 Å². The third-order valence-electron chi connectivity index (χ3n) is 1.88. The minimum Gasteiger partial charge on any atom is -0.396 e. The van der Waals surface area contributed by atoms with Crippen LogP contribution in [0.4, 0.5) is 0 Å². The molecule has 0 amide bonds. The second-order valence-electron chi connectivity index (χ2n) is 3.09. The van der Waals surface area contributed by atoms with Crippen LogP contribution in [0.15, 0.2) is 29.2 Å². The Hall–Kier alpha value is -0.180.